The third-order valence-electron chi connectivity index (χ3n) is 3.96. The maximum Gasteiger partial charge on any atom is 0.262 e. The van der Waals surface area contributed by atoms with E-state index in [-0.39, 0.29) is 12.5 Å². The van der Waals surface area contributed by atoms with E-state index in [9.17, 15) is 4.79 Å². The summed E-state index contributed by atoms with van der Waals surface area (Å²) in [6.45, 7) is 6.40. The lowest BCUT2D eigenvalue weighted by Gasteiger charge is -2.09. The van der Waals surface area contributed by atoms with Gasteiger partial charge in [-0.25, -0.2) is 0 Å². The maximum atomic E-state index is 12.1. The fraction of sp³-hybridized carbons (Fsp3) is 0.227. The Morgan fingerprint density at radius 2 is 1.64 bits per heavy atom. The van der Waals surface area contributed by atoms with Crippen LogP contribution in [0, 0.1) is 13.8 Å². The summed E-state index contributed by atoms with van der Waals surface area (Å²) in [6, 6.07) is 16.9. The second-order valence-corrected chi connectivity index (χ2v) is 6.43. The molecule has 1 amide bonds. The molecule has 1 N–H and O–H groups in total. The van der Waals surface area contributed by atoms with Crippen LogP contribution in [0.4, 0.5) is 5.69 Å². The Labute approximate surface area is 164 Å². The predicted octanol–water partition coefficient (Wildman–Crippen LogP) is 4.18. The average molecular weight is 377 g/mol. The maximum absolute atomic E-state index is 12.1. The number of nitrogens with one attached hydrogen (secondary N) is 1. The Balaban J connectivity index is 1.56. The first-order chi connectivity index (χ1) is 13.5. The van der Waals surface area contributed by atoms with Crippen molar-refractivity contribution in [3.63, 3.8) is 0 Å². The van der Waals surface area contributed by atoms with Crippen LogP contribution in [-0.2, 0) is 4.79 Å². The molecule has 6 heteroatoms. The number of ether oxygens (including phenoxy) is 2. The van der Waals surface area contributed by atoms with E-state index in [0.29, 0.717) is 23.9 Å². The van der Waals surface area contributed by atoms with Crippen LogP contribution in [0.5, 0.6) is 11.6 Å². The van der Waals surface area contributed by atoms with Crippen molar-refractivity contribution in [3.8, 4) is 22.9 Å². The largest absolute Gasteiger partial charge is 0.484 e. The molecule has 0 aliphatic rings. The molecule has 0 bridgehead atoms. The Bertz CT molecular complexity index is 918. The van der Waals surface area contributed by atoms with Crippen molar-refractivity contribution in [2.75, 3.05) is 18.5 Å². The quantitative estimate of drug-likeness (QED) is 0.669. The third kappa shape index (κ3) is 5.30. The van der Waals surface area contributed by atoms with Crippen LogP contribution in [0.3, 0.4) is 0 Å². The number of hydrogen-bond acceptors (Lipinski definition) is 5. The molecule has 2 aromatic carbocycles. The number of rotatable bonds is 7. The van der Waals surface area contributed by atoms with Crippen molar-refractivity contribution in [1.82, 2.24) is 10.2 Å². The van der Waals surface area contributed by atoms with Crippen LogP contribution in [0.1, 0.15) is 18.1 Å². The van der Waals surface area contributed by atoms with Gasteiger partial charge in [-0.3, -0.25) is 4.79 Å². The summed E-state index contributed by atoms with van der Waals surface area (Å²) in [4.78, 5) is 12.1. The number of carbonyl (C=O) groups excluding carboxylic acids is 1. The highest BCUT2D eigenvalue weighted by Gasteiger charge is 2.06. The van der Waals surface area contributed by atoms with E-state index >= 15 is 0 Å². The molecule has 0 aliphatic heterocycles. The minimum atomic E-state index is -0.215. The summed E-state index contributed by atoms with van der Waals surface area (Å²) >= 11 is 0. The van der Waals surface area contributed by atoms with E-state index in [4.69, 9.17) is 9.47 Å². The monoisotopic (exact) mass is 377 g/mol. The van der Waals surface area contributed by atoms with Crippen molar-refractivity contribution in [2.24, 2.45) is 0 Å². The zero-order valence-corrected chi connectivity index (χ0v) is 16.2. The van der Waals surface area contributed by atoms with Crippen molar-refractivity contribution >= 4 is 11.6 Å². The SMILES string of the molecule is CCOc1ccc(-c2ccc(NC(=O)COc3cc(C)cc(C)c3)cc2)nn1. The molecule has 0 spiro atoms. The number of anilines is 1. The Hall–Kier alpha value is -3.41. The topological polar surface area (TPSA) is 73.3 Å². The summed E-state index contributed by atoms with van der Waals surface area (Å²) in [5.41, 5.74) is 4.53. The van der Waals surface area contributed by atoms with E-state index in [2.05, 4.69) is 21.6 Å². The molecule has 0 aliphatic carbocycles. The van der Waals surface area contributed by atoms with Gasteiger partial charge in [-0.15, -0.1) is 10.2 Å². The number of nitrogens with zero attached hydrogens (tertiary/aromatic N) is 2. The number of benzene rings is 2. The number of carbonyl (C=O) groups is 1. The van der Waals surface area contributed by atoms with Crippen LogP contribution in [0.15, 0.2) is 54.6 Å². The summed E-state index contributed by atoms with van der Waals surface area (Å²) < 4.78 is 10.9. The van der Waals surface area contributed by atoms with Crippen molar-refractivity contribution in [2.45, 2.75) is 20.8 Å². The Kier molecular flexibility index (Phi) is 6.22. The second-order valence-electron chi connectivity index (χ2n) is 6.43. The molecule has 3 aromatic rings. The molecule has 0 saturated heterocycles. The molecule has 1 heterocycles. The normalized spacial score (nSPS) is 10.4. The van der Waals surface area contributed by atoms with Crippen LogP contribution in [0.2, 0.25) is 0 Å². The molecule has 0 atom stereocenters. The van der Waals surface area contributed by atoms with Gasteiger partial charge in [-0.2, -0.15) is 0 Å². The Morgan fingerprint density at radius 1 is 0.929 bits per heavy atom. The van der Waals surface area contributed by atoms with E-state index in [0.717, 1.165) is 22.4 Å². The Morgan fingerprint density at radius 3 is 2.25 bits per heavy atom. The zero-order chi connectivity index (χ0) is 19.9. The van der Waals surface area contributed by atoms with Crippen LogP contribution in [-0.4, -0.2) is 29.3 Å². The molecule has 0 radical (unpaired) electrons. The van der Waals surface area contributed by atoms with Gasteiger partial charge in [-0.1, -0.05) is 18.2 Å². The summed E-state index contributed by atoms with van der Waals surface area (Å²) in [5.74, 6) is 0.976. The predicted molar refractivity (Wildman–Crippen MR) is 109 cm³/mol. The van der Waals surface area contributed by atoms with E-state index < -0.39 is 0 Å². The molecule has 0 fully saturated rings. The van der Waals surface area contributed by atoms with Gasteiger partial charge in [0, 0.05) is 17.3 Å². The number of amides is 1. The lowest BCUT2D eigenvalue weighted by Crippen LogP contribution is -2.20. The average Bonchev–Trinajstić information content (AvgIpc) is 2.67. The first kappa shape index (κ1) is 19.4. The zero-order valence-electron chi connectivity index (χ0n) is 16.2. The molecule has 28 heavy (non-hydrogen) atoms. The molecule has 0 unspecified atom stereocenters. The lowest BCUT2D eigenvalue weighted by molar-refractivity contribution is -0.118. The minimum absolute atomic E-state index is 0.0466. The van der Waals surface area contributed by atoms with Crippen molar-refractivity contribution < 1.29 is 14.3 Å². The highest BCUT2D eigenvalue weighted by atomic mass is 16.5. The molecule has 0 saturated carbocycles. The van der Waals surface area contributed by atoms with Crippen molar-refractivity contribution in [1.29, 1.82) is 0 Å². The van der Waals surface area contributed by atoms with Gasteiger partial charge in [0.1, 0.15) is 5.75 Å². The molecular formula is C22H23N3O3. The van der Waals surface area contributed by atoms with E-state index in [1.54, 1.807) is 6.07 Å². The molecule has 144 valence electrons. The summed E-state index contributed by atoms with van der Waals surface area (Å²) in [5, 5.41) is 11.0. The number of aryl methyl sites for hydroxylation is 2. The first-order valence-corrected chi connectivity index (χ1v) is 9.11. The van der Waals surface area contributed by atoms with Gasteiger partial charge in [0.2, 0.25) is 5.88 Å². The first-order valence-electron chi connectivity index (χ1n) is 9.11. The van der Waals surface area contributed by atoms with Gasteiger partial charge in [0.05, 0.1) is 12.3 Å². The fourth-order valence-corrected chi connectivity index (χ4v) is 2.79. The van der Waals surface area contributed by atoms with Gasteiger partial charge in [0.15, 0.2) is 6.61 Å². The summed E-state index contributed by atoms with van der Waals surface area (Å²) in [6.07, 6.45) is 0. The van der Waals surface area contributed by atoms with Gasteiger partial charge in [-0.05, 0) is 62.2 Å². The summed E-state index contributed by atoms with van der Waals surface area (Å²) in [7, 11) is 0. The van der Waals surface area contributed by atoms with E-state index in [1.807, 2.05) is 63.2 Å². The smallest absolute Gasteiger partial charge is 0.262 e. The molecule has 6 nitrogen and oxygen atoms in total. The third-order valence-corrected chi connectivity index (χ3v) is 3.96. The van der Waals surface area contributed by atoms with E-state index in [1.165, 1.54) is 0 Å². The van der Waals surface area contributed by atoms with Crippen LogP contribution < -0.4 is 14.8 Å². The fourth-order valence-electron chi connectivity index (χ4n) is 2.79. The van der Waals surface area contributed by atoms with Crippen LogP contribution >= 0.6 is 0 Å². The van der Waals surface area contributed by atoms with Crippen molar-refractivity contribution in [3.05, 3.63) is 65.7 Å². The van der Waals surface area contributed by atoms with Crippen LogP contribution in [0.25, 0.3) is 11.3 Å². The second kappa shape index (κ2) is 8.99. The molecular weight excluding hydrogens is 354 g/mol. The number of hydrogen-bond donors (Lipinski definition) is 1. The lowest BCUT2D eigenvalue weighted by atomic mass is 10.1. The molecule has 3 rings (SSSR count). The van der Waals surface area contributed by atoms with Gasteiger partial charge < -0.3 is 14.8 Å². The van der Waals surface area contributed by atoms with Gasteiger partial charge in [0.25, 0.3) is 5.91 Å². The highest BCUT2D eigenvalue weighted by molar-refractivity contribution is 5.92. The minimum Gasteiger partial charge on any atom is -0.484 e. The highest BCUT2D eigenvalue weighted by Crippen LogP contribution is 2.20. The number of aromatic nitrogens is 2. The standard InChI is InChI=1S/C22H23N3O3/c1-4-27-22-10-9-20(24-25-22)17-5-7-18(8-6-17)23-21(26)14-28-19-12-15(2)11-16(3)13-19/h5-13H,4,14H2,1-3H3,(H,23,26). The van der Waals surface area contributed by atoms with Gasteiger partial charge >= 0.3 is 0 Å². The molecule has 1 aromatic heterocycles.